The van der Waals surface area contributed by atoms with Gasteiger partial charge in [-0.05, 0) is 24.6 Å². The molecule has 2 heterocycles. The first-order valence-corrected chi connectivity index (χ1v) is 6.96. The first-order chi connectivity index (χ1) is 10.7. The third-order valence-corrected chi connectivity index (χ3v) is 3.26. The fourth-order valence-electron chi connectivity index (χ4n) is 2.14. The molecule has 0 N–H and O–H groups in total. The van der Waals surface area contributed by atoms with E-state index < -0.39 is 0 Å². The molecule has 118 valence electrons. The van der Waals surface area contributed by atoms with Crippen LogP contribution in [-0.4, -0.2) is 54.6 Å². The maximum atomic E-state index is 12.3. The van der Waals surface area contributed by atoms with Gasteiger partial charge in [0.2, 0.25) is 0 Å². The summed E-state index contributed by atoms with van der Waals surface area (Å²) in [6.45, 7) is 3.85. The van der Waals surface area contributed by atoms with Crippen LogP contribution in [0, 0.1) is 0 Å². The van der Waals surface area contributed by atoms with Crippen molar-refractivity contribution in [1.29, 1.82) is 0 Å². The summed E-state index contributed by atoms with van der Waals surface area (Å²) in [6.07, 6.45) is -0.357. The van der Waals surface area contributed by atoms with E-state index in [1.54, 1.807) is 28.9 Å². The van der Waals surface area contributed by atoms with E-state index in [0.717, 1.165) is 0 Å². The molecule has 0 unspecified atom stereocenters. The van der Waals surface area contributed by atoms with Gasteiger partial charge >= 0.3 is 6.09 Å². The summed E-state index contributed by atoms with van der Waals surface area (Å²) in [4.78, 5) is 29.7. The van der Waals surface area contributed by atoms with Crippen LogP contribution in [0.5, 0.6) is 0 Å². The fourth-order valence-corrected chi connectivity index (χ4v) is 2.14. The van der Waals surface area contributed by atoms with Gasteiger partial charge in [-0.3, -0.25) is 4.79 Å². The van der Waals surface area contributed by atoms with Gasteiger partial charge in [-0.1, -0.05) is 5.11 Å². The highest BCUT2D eigenvalue weighted by molar-refractivity contribution is 5.91. The number of piperazine rings is 1. The average Bonchev–Trinajstić information content (AvgIpc) is 3.01. The smallest absolute Gasteiger partial charge is 0.409 e. The molecule has 0 aliphatic carbocycles. The number of nitrogens with zero attached hydrogens (tertiary/aromatic N) is 5. The first kappa shape index (κ1) is 15.7. The highest BCUT2D eigenvalue weighted by atomic mass is 16.6. The number of amides is 2. The molecule has 0 spiro atoms. The molecule has 0 atom stereocenters. The molecule has 9 nitrogen and oxygen atoms in total. The number of rotatable bonds is 4. The van der Waals surface area contributed by atoms with Crippen molar-refractivity contribution in [3.8, 4) is 0 Å². The summed E-state index contributed by atoms with van der Waals surface area (Å²) in [7, 11) is 0. The van der Waals surface area contributed by atoms with Gasteiger partial charge in [-0.25, -0.2) is 4.79 Å². The molecule has 2 amide bonds. The molecule has 0 saturated carbocycles. The molecule has 1 aliphatic rings. The van der Waals surface area contributed by atoms with Crippen molar-refractivity contribution in [1.82, 2.24) is 9.80 Å². The van der Waals surface area contributed by atoms with Gasteiger partial charge in [-0.2, -0.15) is 0 Å². The minimum Gasteiger partial charge on any atom is -0.456 e. The van der Waals surface area contributed by atoms with E-state index in [1.807, 2.05) is 0 Å². The van der Waals surface area contributed by atoms with Crippen LogP contribution in [0.25, 0.3) is 10.4 Å². The van der Waals surface area contributed by atoms with Crippen LogP contribution in [0.2, 0.25) is 0 Å². The van der Waals surface area contributed by atoms with Gasteiger partial charge in [0.25, 0.3) is 5.91 Å². The largest absolute Gasteiger partial charge is 0.456 e. The number of carbonyl (C=O) groups excluding carboxylic acids is 2. The molecule has 0 bridgehead atoms. The minimum absolute atomic E-state index is 0.0699. The SMILES string of the molecule is CCOC(=O)N1CCN(C(=O)c2ccc(CN=[N+]=[N-])o2)CC1. The van der Waals surface area contributed by atoms with Crippen molar-refractivity contribution < 1.29 is 18.7 Å². The van der Waals surface area contributed by atoms with Crippen LogP contribution in [-0.2, 0) is 11.3 Å². The standard InChI is InChI=1S/C13H17N5O4/c1-2-21-13(20)18-7-5-17(6-8-18)12(19)11-4-3-10(22-11)9-15-16-14/h3-4H,2,5-9H2,1H3. The lowest BCUT2D eigenvalue weighted by Crippen LogP contribution is -2.50. The van der Waals surface area contributed by atoms with Crippen LogP contribution in [0.3, 0.4) is 0 Å². The molecule has 1 saturated heterocycles. The van der Waals surface area contributed by atoms with Crippen molar-refractivity contribution >= 4 is 12.0 Å². The summed E-state index contributed by atoms with van der Waals surface area (Å²) < 4.78 is 10.3. The summed E-state index contributed by atoms with van der Waals surface area (Å²) in [5.74, 6) is 0.398. The van der Waals surface area contributed by atoms with E-state index in [9.17, 15) is 9.59 Å². The van der Waals surface area contributed by atoms with Crippen molar-refractivity contribution in [2.24, 2.45) is 5.11 Å². The van der Waals surface area contributed by atoms with Crippen LogP contribution in [0.15, 0.2) is 21.7 Å². The van der Waals surface area contributed by atoms with Gasteiger partial charge in [0.15, 0.2) is 5.76 Å². The van der Waals surface area contributed by atoms with Gasteiger partial charge in [-0.15, -0.1) is 0 Å². The predicted octanol–water partition coefficient (Wildman–Crippen LogP) is 2.00. The number of carbonyl (C=O) groups is 2. The predicted molar refractivity (Wildman–Crippen MR) is 76.1 cm³/mol. The summed E-state index contributed by atoms with van der Waals surface area (Å²) in [5, 5.41) is 3.38. The molecule has 1 fully saturated rings. The molecule has 0 aromatic carbocycles. The zero-order valence-corrected chi connectivity index (χ0v) is 12.3. The second-order valence-electron chi connectivity index (χ2n) is 4.63. The number of azide groups is 1. The van der Waals surface area contributed by atoms with Gasteiger partial charge in [0.05, 0.1) is 13.2 Å². The quantitative estimate of drug-likeness (QED) is 0.481. The Bertz CT molecular complexity index is 585. The molecular weight excluding hydrogens is 290 g/mol. The highest BCUT2D eigenvalue weighted by Crippen LogP contribution is 2.14. The Kier molecular flexibility index (Phi) is 5.26. The molecule has 22 heavy (non-hydrogen) atoms. The third-order valence-electron chi connectivity index (χ3n) is 3.26. The Balaban J connectivity index is 1.90. The highest BCUT2D eigenvalue weighted by Gasteiger charge is 2.26. The molecular formula is C13H17N5O4. The second-order valence-corrected chi connectivity index (χ2v) is 4.63. The molecule has 2 rings (SSSR count). The Hall–Kier alpha value is -2.67. The number of ether oxygens (including phenoxy) is 1. The number of furan rings is 1. The summed E-state index contributed by atoms with van der Waals surface area (Å²) in [5.41, 5.74) is 8.25. The van der Waals surface area contributed by atoms with E-state index in [1.165, 1.54) is 0 Å². The lowest BCUT2D eigenvalue weighted by atomic mass is 10.3. The Labute approximate surface area is 127 Å². The third kappa shape index (κ3) is 3.70. The average molecular weight is 307 g/mol. The van der Waals surface area contributed by atoms with Gasteiger partial charge < -0.3 is 19.0 Å². The van der Waals surface area contributed by atoms with E-state index in [0.29, 0.717) is 38.5 Å². The van der Waals surface area contributed by atoms with Gasteiger partial charge in [0, 0.05) is 31.1 Å². The lowest BCUT2D eigenvalue weighted by molar-refractivity contribution is 0.0545. The van der Waals surface area contributed by atoms with Crippen LogP contribution in [0.4, 0.5) is 4.79 Å². The van der Waals surface area contributed by atoms with E-state index in [2.05, 4.69) is 10.0 Å². The van der Waals surface area contributed by atoms with Crippen LogP contribution in [0.1, 0.15) is 23.2 Å². The zero-order valence-electron chi connectivity index (χ0n) is 12.3. The number of hydrogen-bond acceptors (Lipinski definition) is 5. The second kappa shape index (κ2) is 7.37. The minimum atomic E-state index is -0.357. The first-order valence-electron chi connectivity index (χ1n) is 6.96. The van der Waals surface area contributed by atoms with Crippen molar-refractivity contribution in [2.75, 3.05) is 32.8 Å². The topological polar surface area (TPSA) is 112 Å². The molecule has 9 heteroatoms. The normalized spacial score (nSPS) is 14.4. The maximum Gasteiger partial charge on any atom is 0.409 e. The van der Waals surface area contributed by atoms with Gasteiger partial charge in [0.1, 0.15) is 5.76 Å². The molecule has 1 aliphatic heterocycles. The Morgan fingerprint density at radius 3 is 2.64 bits per heavy atom. The Morgan fingerprint density at radius 1 is 1.32 bits per heavy atom. The van der Waals surface area contributed by atoms with Crippen molar-refractivity contribution in [3.05, 3.63) is 34.1 Å². The summed E-state index contributed by atoms with van der Waals surface area (Å²) in [6, 6.07) is 3.17. The van der Waals surface area contributed by atoms with Crippen molar-refractivity contribution in [2.45, 2.75) is 13.5 Å². The van der Waals surface area contributed by atoms with Crippen LogP contribution >= 0.6 is 0 Å². The molecule has 1 aromatic rings. The van der Waals surface area contributed by atoms with E-state index in [4.69, 9.17) is 14.7 Å². The monoisotopic (exact) mass is 307 g/mol. The fraction of sp³-hybridized carbons (Fsp3) is 0.538. The summed E-state index contributed by atoms with van der Waals surface area (Å²) >= 11 is 0. The maximum absolute atomic E-state index is 12.3. The Morgan fingerprint density at radius 2 is 2.00 bits per heavy atom. The van der Waals surface area contributed by atoms with Crippen LogP contribution < -0.4 is 0 Å². The van der Waals surface area contributed by atoms with Crippen molar-refractivity contribution in [3.63, 3.8) is 0 Å². The zero-order chi connectivity index (χ0) is 15.9. The molecule has 1 aromatic heterocycles. The number of hydrogen-bond donors (Lipinski definition) is 0. The van der Waals surface area contributed by atoms with E-state index in [-0.39, 0.29) is 24.3 Å². The van der Waals surface area contributed by atoms with E-state index >= 15 is 0 Å². The molecule has 0 radical (unpaired) electrons. The lowest BCUT2D eigenvalue weighted by Gasteiger charge is -2.33.